The van der Waals surface area contributed by atoms with E-state index in [1.165, 1.54) is 0 Å². The third kappa shape index (κ3) is 2.24. The van der Waals surface area contributed by atoms with E-state index in [0.29, 0.717) is 11.6 Å². The first-order valence-corrected chi connectivity index (χ1v) is 6.55. The smallest absolute Gasteiger partial charge is 0.314 e. The Morgan fingerprint density at radius 3 is 2.71 bits per heavy atom. The lowest BCUT2D eigenvalue weighted by Crippen LogP contribution is -2.35. The molecule has 0 radical (unpaired) electrons. The summed E-state index contributed by atoms with van der Waals surface area (Å²) >= 11 is 0. The van der Waals surface area contributed by atoms with Crippen LogP contribution in [-0.4, -0.2) is 30.7 Å². The normalized spacial score (nSPS) is 14.0. The Morgan fingerprint density at radius 2 is 2.00 bits per heavy atom. The summed E-state index contributed by atoms with van der Waals surface area (Å²) in [5.41, 5.74) is -0.335. The van der Waals surface area contributed by atoms with E-state index in [-0.39, 0.29) is 6.42 Å². The van der Waals surface area contributed by atoms with Crippen LogP contribution in [0.4, 0.5) is 0 Å². The van der Waals surface area contributed by atoms with Gasteiger partial charge in [-0.05, 0) is 18.6 Å². The van der Waals surface area contributed by atoms with E-state index in [1.54, 1.807) is 29.8 Å². The number of fused-ring (bicyclic) bond motifs is 1. The SMILES string of the molecule is CC(Cc1nnc2ncccn12)(C(=O)O)c1ccccc1. The molecule has 0 aliphatic rings. The molecule has 0 fully saturated rings. The molecule has 0 saturated carbocycles. The maximum atomic E-state index is 11.8. The van der Waals surface area contributed by atoms with E-state index in [2.05, 4.69) is 15.2 Å². The molecule has 0 saturated heterocycles. The first-order chi connectivity index (χ1) is 10.1. The minimum Gasteiger partial charge on any atom is -0.481 e. The second-order valence-electron chi connectivity index (χ2n) is 5.09. The van der Waals surface area contributed by atoms with Gasteiger partial charge in [-0.2, -0.15) is 0 Å². The van der Waals surface area contributed by atoms with E-state index in [0.717, 1.165) is 5.56 Å². The van der Waals surface area contributed by atoms with Crippen molar-refractivity contribution >= 4 is 11.7 Å². The lowest BCUT2D eigenvalue weighted by Gasteiger charge is -2.24. The van der Waals surface area contributed by atoms with Crippen molar-refractivity contribution in [2.45, 2.75) is 18.8 Å². The van der Waals surface area contributed by atoms with E-state index in [4.69, 9.17) is 0 Å². The fourth-order valence-corrected chi connectivity index (χ4v) is 2.33. The number of carboxylic acids is 1. The number of carbonyl (C=O) groups is 1. The average molecular weight is 282 g/mol. The summed E-state index contributed by atoms with van der Waals surface area (Å²) in [5, 5.41) is 17.7. The van der Waals surface area contributed by atoms with Crippen LogP contribution in [0, 0.1) is 0 Å². The standard InChI is InChI=1S/C15H14N4O2/c1-15(13(20)21,11-6-3-2-4-7-11)10-12-17-18-14-16-8-5-9-19(12)14/h2-9H,10H2,1H3,(H,20,21). The van der Waals surface area contributed by atoms with Gasteiger partial charge in [0.15, 0.2) is 0 Å². The molecule has 1 aromatic carbocycles. The highest BCUT2D eigenvalue weighted by atomic mass is 16.4. The zero-order valence-electron chi connectivity index (χ0n) is 11.5. The number of aliphatic carboxylic acids is 1. The third-order valence-electron chi connectivity index (χ3n) is 3.65. The van der Waals surface area contributed by atoms with Crippen molar-refractivity contribution in [3.63, 3.8) is 0 Å². The summed E-state index contributed by atoms with van der Waals surface area (Å²) in [6, 6.07) is 10.9. The highest BCUT2D eigenvalue weighted by Crippen LogP contribution is 2.28. The summed E-state index contributed by atoms with van der Waals surface area (Å²) in [5.74, 6) is 0.148. The van der Waals surface area contributed by atoms with Crippen LogP contribution in [0.25, 0.3) is 5.78 Å². The Balaban J connectivity index is 2.06. The fraction of sp³-hybridized carbons (Fsp3) is 0.200. The van der Waals surface area contributed by atoms with Crippen LogP contribution in [0.2, 0.25) is 0 Å². The van der Waals surface area contributed by atoms with Gasteiger partial charge in [0.1, 0.15) is 5.82 Å². The van der Waals surface area contributed by atoms with Crippen LogP contribution in [0.15, 0.2) is 48.8 Å². The van der Waals surface area contributed by atoms with Gasteiger partial charge in [-0.15, -0.1) is 10.2 Å². The Bertz CT molecular complexity index is 784. The minimum atomic E-state index is -1.07. The zero-order valence-corrected chi connectivity index (χ0v) is 11.5. The van der Waals surface area contributed by atoms with Crippen LogP contribution in [0.3, 0.4) is 0 Å². The zero-order chi connectivity index (χ0) is 14.9. The van der Waals surface area contributed by atoms with Crippen LogP contribution in [0.1, 0.15) is 18.3 Å². The number of carboxylic acid groups (broad SMARTS) is 1. The van der Waals surface area contributed by atoms with Gasteiger partial charge in [0, 0.05) is 18.8 Å². The van der Waals surface area contributed by atoms with Crippen molar-refractivity contribution < 1.29 is 9.90 Å². The molecule has 1 unspecified atom stereocenters. The Labute approximate surface area is 121 Å². The van der Waals surface area contributed by atoms with Crippen molar-refractivity contribution in [1.82, 2.24) is 19.6 Å². The van der Waals surface area contributed by atoms with Crippen LogP contribution >= 0.6 is 0 Å². The number of hydrogen-bond donors (Lipinski definition) is 1. The Hall–Kier alpha value is -2.76. The predicted molar refractivity (Wildman–Crippen MR) is 75.9 cm³/mol. The molecule has 0 aliphatic carbocycles. The molecule has 3 rings (SSSR count). The van der Waals surface area contributed by atoms with Crippen molar-refractivity contribution in [3.05, 3.63) is 60.2 Å². The van der Waals surface area contributed by atoms with E-state index >= 15 is 0 Å². The maximum Gasteiger partial charge on any atom is 0.314 e. The minimum absolute atomic E-state index is 0.235. The summed E-state index contributed by atoms with van der Waals surface area (Å²) in [6.07, 6.45) is 3.64. The molecular formula is C15H14N4O2. The van der Waals surface area contributed by atoms with Crippen LogP contribution < -0.4 is 0 Å². The molecule has 1 atom stereocenters. The quantitative estimate of drug-likeness (QED) is 0.788. The van der Waals surface area contributed by atoms with Gasteiger partial charge in [0.2, 0.25) is 0 Å². The molecule has 21 heavy (non-hydrogen) atoms. The predicted octanol–water partition coefficient (Wildman–Crippen LogP) is 1.71. The monoisotopic (exact) mass is 282 g/mol. The van der Waals surface area contributed by atoms with Gasteiger partial charge in [-0.25, -0.2) is 4.98 Å². The number of rotatable bonds is 4. The van der Waals surface area contributed by atoms with Gasteiger partial charge < -0.3 is 5.11 Å². The van der Waals surface area contributed by atoms with Crippen molar-refractivity contribution in [1.29, 1.82) is 0 Å². The van der Waals surface area contributed by atoms with Crippen molar-refractivity contribution in [2.24, 2.45) is 0 Å². The summed E-state index contributed by atoms with van der Waals surface area (Å²) in [6.45, 7) is 1.70. The molecule has 6 nitrogen and oxygen atoms in total. The topological polar surface area (TPSA) is 80.4 Å². The first kappa shape index (κ1) is 13.2. The number of benzene rings is 1. The molecule has 0 bridgehead atoms. The molecule has 2 heterocycles. The molecule has 1 N–H and O–H groups in total. The van der Waals surface area contributed by atoms with Gasteiger partial charge in [-0.1, -0.05) is 30.3 Å². The molecule has 0 spiro atoms. The maximum absolute atomic E-state index is 11.8. The molecule has 0 aliphatic heterocycles. The van der Waals surface area contributed by atoms with E-state index in [9.17, 15) is 9.90 Å². The van der Waals surface area contributed by atoms with Gasteiger partial charge in [0.05, 0.1) is 5.41 Å². The number of aromatic nitrogens is 4. The van der Waals surface area contributed by atoms with E-state index in [1.807, 2.05) is 30.3 Å². The summed E-state index contributed by atoms with van der Waals surface area (Å²) in [7, 11) is 0. The van der Waals surface area contributed by atoms with Crippen molar-refractivity contribution in [3.8, 4) is 0 Å². The fourth-order valence-electron chi connectivity index (χ4n) is 2.33. The highest BCUT2D eigenvalue weighted by molar-refractivity contribution is 5.81. The summed E-state index contributed by atoms with van der Waals surface area (Å²) < 4.78 is 1.71. The molecule has 3 aromatic rings. The number of nitrogens with zero attached hydrogens (tertiary/aromatic N) is 4. The van der Waals surface area contributed by atoms with Gasteiger partial charge >= 0.3 is 5.97 Å². The summed E-state index contributed by atoms with van der Waals surface area (Å²) in [4.78, 5) is 15.9. The van der Waals surface area contributed by atoms with Crippen molar-refractivity contribution in [2.75, 3.05) is 0 Å². The number of hydrogen-bond acceptors (Lipinski definition) is 4. The average Bonchev–Trinajstić information content (AvgIpc) is 2.91. The Morgan fingerprint density at radius 1 is 1.24 bits per heavy atom. The molecule has 0 amide bonds. The highest BCUT2D eigenvalue weighted by Gasteiger charge is 2.37. The first-order valence-electron chi connectivity index (χ1n) is 6.55. The van der Waals surface area contributed by atoms with Gasteiger partial charge in [0.25, 0.3) is 5.78 Å². The molecule has 2 aromatic heterocycles. The lowest BCUT2D eigenvalue weighted by molar-refractivity contribution is -0.143. The Kier molecular flexibility index (Phi) is 3.13. The molecule has 106 valence electrons. The van der Waals surface area contributed by atoms with Gasteiger partial charge in [-0.3, -0.25) is 9.20 Å². The lowest BCUT2D eigenvalue weighted by atomic mass is 9.79. The van der Waals surface area contributed by atoms with Crippen LogP contribution in [-0.2, 0) is 16.6 Å². The molecular weight excluding hydrogens is 268 g/mol. The molecule has 6 heteroatoms. The largest absolute Gasteiger partial charge is 0.481 e. The van der Waals surface area contributed by atoms with E-state index < -0.39 is 11.4 Å². The second-order valence-corrected chi connectivity index (χ2v) is 5.09. The third-order valence-corrected chi connectivity index (χ3v) is 3.65. The van der Waals surface area contributed by atoms with Crippen LogP contribution in [0.5, 0.6) is 0 Å². The second kappa shape index (κ2) is 4.97.